The lowest BCUT2D eigenvalue weighted by molar-refractivity contribution is -0.121. The SMILES string of the molecule is OC(c1ccc(Br)cn1)C1CCOC2(CCSCC2)C1. The number of aliphatic hydroxyl groups is 1. The molecule has 3 heterocycles. The first-order chi connectivity index (χ1) is 9.69. The van der Waals surface area contributed by atoms with Gasteiger partial charge in [0.05, 0.1) is 17.4 Å². The van der Waals surface area contributed by atoms with Gasteiger partial charge in [-0.1, -0.05) is 0 Å². The van der Waals surface area contributed by atoms with Crippen LogP contribution < -0.4 is 0 Å². The quantitative estimate of drug-likeness (QED) is 0.878. The van der Waals surface area contributed by atoms with Crippen LogP contribution in [0.15, 0.2) is 22.8 Å². The molecule has 0 amide bonds. The van der Waals surface area contributed by atoms with Crippen molar-refractivity contribution in [1.82, 2.24) is 4.98 Å². The summed E-state index contributed by atoms with van der Waals surface area (Å²) in [5, 5.41) is 10.6. The molecule has 3 nitrogen and oxygen atoms in total. The Balaban J connectivity index is 1.71. The maximum Gasteiger partial charge on any atom is 0.0989 e. The van der Waals surface area contributed by atoms with Gasteiger partial charge in [0, 0.05) is 17.3 Å². The fourth-order valence-corrected chi connectivity index (χ4v) is 4.70. The molecule has 0 aromatic carbocycles. The molecule has 2 aliphatic heterocycles. The van der Waals surface area contributed by atoms with Crippen LogP contribution in [0.25, 0.3) is 0 Å². The maximum absolute atomic E-state index is 10.6. The van der Waals surface area contributed by atoms with Gasteiger partial charge in [0.25, 0.3) is 0 Å². The molecule has 2 unspecified atom stereocenters. The predicted octanol–water partition coefficient (Wildman–Crippen LogP) is 3.57. The highest BCUT2D eigenvalue weighted by Gasteiger charge is 2.41. The summed E-state index contributed by atoms with van der Waals surface area (Å²) in [6.45, 7) is 0.767. The summed E-state index contributed by atoms with van der Waals surface area (Å²) in [6, 6.07) is 3.85. The largest absolute Gasteiger partial charge is 0.387 e. The number of aromatic nitrogens is 1. The topological polar surface area (TPSA) is 42.4 Å². The van der Waals surface area contributed by atoms with Crippen LogP contribution in [0.1, 0.15) is 37.5 Å². The lowest BCUT2D eigenvalue weighted by Crippen LogP contribution is -2.44. The molecule has 1 N–H and O–H groups in total. The fourth-order valence-electron chi connectivity index (χ4n) is 3.23. The van der Waals surface area contributed by atoms with Gasteiger partial charge in [0.1, 0.15) is 0 Å². The highest BCUT2D eigenvalue weighted by molar-refractivity contribution is 9.10. The van der Waals surface area contributed by atoms with Crippen molar-refractivity contribution >= 4 is 27.7 Å². The molecular weight excluding hydrogens is 338 g/mol. The van der Waals surface area contributed by atoms with Gasteiger partial charge in [-0.3, -0.25) is 4.98 Å². The second kappa shape index (κ2) is 6.34. The zero-order valence-electron chi connectivity index (χ0n) is 11.4. The van der Waals surface area contributed by atoms with Crippen LogP contribution in [0.2, 0.25) is 0 Å². The van der Waals surface area contributed by atoms with Crippen LogP contribution in [0, 0.1) is 5.92 Å². The van der Waals surface area contributed by atoms with Crippen molar-refractivity contribution in [3.8, 4) is 0 Å². The molecule has 2 aliphatic rings. The van der Waals surface area contributed by atoms with Crippen molar-refractivity contribution < 1.29 is 9.84 Å². The summed E-state index contributed by atoms with van der Waals surface area (Å²) >= 11 is 5.39. The Morgan fingerprint density at radius 1 is 1.40 bits per heavy atom. The molecule has 20 heavy (non-hydrogen) atoms. The molecule has 1 aromatic heterocycles. The van der Waals surface area contributed by atoms with E-state index in [1.54, 1.807) is 6.20 Å². The van der Waals surface area contributed by atoms with Crippen LogP contribution >= 0.6 is 27.7 Å². The summed E-state index contributed by atoms with van der Waals surface area (Å²) in [5.74, 6) is 2.62. The summed E-state index contributed by atoms with van der Waals surface area (Å²) in [7, 11) is 0. The smallest absolute Gasteiger partial charge is 0.0989 e. The van der Waals surface area contributed by atoms with E-state index in [2.05, 4.69) is 20.9 Å². The standard InChI is InChI=1S/C15H20BrNO2S/c16-12-1-2-13(17-10-12)14(18)11-3-6-19-15(9-11)4-7-20-8-5-15/h1-2,10-11,14,18H,3-9H2. The van der Waals surface area contributed by atoms with E-state index < -0.39 is 6.10 Å². The number of thioether (sulfide) groups is 1. The number of hydrogen-bond acceptors (Lipinski definition) is 4. The maximum atomic E-state index is 10.6. The van der Waals surface area contributed by atoms with Gasteiger partial charge in [-0.2, -0.15) is 11.8 Å². The van der Waals surface area contributed by atoms with Gasteiger partial charge < -0.3 is 9.84 Å². The van der Waals surface area contributed by atoms with Crippen molar-refractivity contribution in [3.63, 3.8) is 0 Å². The van der Waals surface area contributed by atoms with Crippen LogP contribution in [0.4, 0.5) is 0 Å². The monoisotopic (exact) mass is 357 g/mol. The first kappa shape index (κ1) is 14.8. The van der Waals surface area contributed by atoms with E-state index in [-0.39, 0.29) is 11.5 Å². The van der Waals surface area contributed by atoms with E-state index in [4.69, 9.17) is 4.74 Å². The number of hydrogen-bond donors (Lipinski definition) is 1. The van der Waals surface area contributed by atoms with Crippen molar-refractivity contribution in [3.05, 3.63) is 28.5 Å². The Kier molecular flexibility index (Phi) is 4.70. The minimum Gasteiger partial charge on any atom is -0.387 e. The van der Waals surface area contributed by atoms with E-state index in [0.29, 0.717) is 0 Å². The molecular formula is C15H20BrNO2S. The number of halogens is 1. The van der Waals surface area contributed by atoms with Gasteiger partial charge in [-0.05, 0) is 71.2 Å². The summed E-state index contributed by atoms with van der Waals surface area (Å²) in [6.07, 6.45) is 5.41. The molecule has 2 saturated heterocycles. The molecule has 3 rings (SSSR count). The molecule has 2 fully saturated rings. The van der Waals surface area contributed by atoms with E-state index in [9.17, 15) is 5.11 Å². The first-order valence-electron chi connectivity index (χ1n) is 7.20. The van der Waals surface area contributed by atoms with Gasteiger partial charge in [0.15, 0.2) is 0 Å². The van der Waals surface area contributed by atoms with E-state index in [0.717, 1.165) is 42.5 Å². The summed E-state index contributed by atoms with van der Waals surface area (Å²) < 4.78 is 7.04. The fraction of sp³-hybridized carbons (Fsp3) is 0.667. The lowest BCUT2D eigenvalue weighted by atomic mass is 9.79. The van der Waals surface area contributed by atoms with Crippen LogP contribution in [0.5, 0.6) is 0 Å². The normalized spacial score (nSPS) is 27.4. The average Bonchev–Trinajstić information content (AvgIpc) is 2.48. The minimum absolute atomic E-state index is 0.0184. The lowest BCUT2D eigenvalue weighted by Gasteiger charge is -2.44. The third-order valence-electron chi connectivity index (χ3n) is 4.43. The number of ether oxygens (including phenoxy) is 1. The molecule has 1 spiro atoms. The number of pyridine rings is 1. The number of rotatable bonds is 2. The molecule has 0 bridgehead atoms. The molecule has 110 valence electrons. The molecule has 2 atom stereocenters. The Bertz CT molecular complexity index is 442. The zero-order valence-corrected chi connectivity index (χ0v) is 13.8. The van der Waals surface area contributed by atoms with E-state index in [1.165, 1.54) is 11.5 Å². The predicted molar refractivity (Wildman–Crippen MR) is 84.9 cm³/mol. The highest BCUT2D eigenvalue weighted by Crippen LogP contribution is 2.43. The van der Waals surface area contributed by atoms with E-state index in [1.807, 2.05) is 23.9 Å². The van der Waals surface area contributed by atoms with Gasteiger partial charge >= 0.3 is 0 Å². The third kappa shape index (κ3) is 3.21. The Labute approximate surface area is 132 Å². The summed E-state index contributed by atoms with van der Waals surface area (Å²) in [5.41, 5.74) is 0.797. The molecule has 0 radical (unpaired) electrons. The van der Waals surface area contributed by atoms with Crippen molar-refractivity contribution in [1.29, 1.82) is 0 Å². The van der Waals surface area contributed by atoms with Crippen LogP contribution in [0.3, 0.4) is 0 Å². The Morgan fingerprint density at radius 3 is 2.90 bits per heavy atom. The molecule has 5 heteroatoms. The molecule has 0 saturated carbocycles. The number of aliphatic hydroxyl groups excluding tert-OH is 1. The average molecular weight is 358 g/mol. The van der Waals surface area contributed by atoms with Gasteiger partial charge in [0.2, 0.25) is 0 Å². The third-order valence-corrected chi connectivity index (χ3v) is 5.89. The van der Waals surface area contributed by atoms with Crippen molar-refractivity contribution in [2.24, 2.45) is 5.92 Å². The van der Waals surface area contributed by atoms with Crippen molar-refractivity contribution in [2.75, 3.05) is 18.1 Å². The van der Waals surface area contributed by atoms with Gasteiger partial charge in [-0.15, -0.1) is 0 Å². The van der Waals surface area contributed by atoms with Gasteiger partial charge in [-0.25, -0.2) is 0 Å². The molecule has 0 aliphatic carbocycles. The molecule has 1 aromatic rings. The van der Waals surface area contributed by atoms with Crippen molar-refractivity contribution in [2.45, 2.75) is 37.4 Å². The highest BCUT2D eigenvalue weighted by atomic mass is 79.9. The second-order valence-corrected chi connectivity index (χ2v) is 7.88. The van der Waals surface area contributed by atoms with Crippen LogP contribution in [-0.4, -0.2) is 33.8 Å². The zero-order chi connectivity index (χ0) is 14.0. The second-order valence-electron chi connectivity index (χ2n) is 5.74. The first-order valence-corrected chi connectivity index (χ1v) is 9.15. The number of nitrogens with zero attached hydrogens (tertiary/aromatic N) is 1. The van der Waals surface area contributed by atoms with Crippen LogP contribution in [-0.2, 0) is 4.74 Å². The Hall–Kier alpha value is -0.100. The minimum atomic E-state index is -0.474. The Morgan fingerprint density at radius 2 is 2.20 bits per heavy atom. The summed E-state index contributed by atoms with van der Waals surface area (Å²) in [4.78, 5) is 4.35. The van der Waals surface area contributed by atoms with E-state index >= 15 is 0 Å².